The molecule has 2 aliphatic rings. The summed E-state index contributed by atoms with van der Waals surface area (Å²) in [6.45, 7) is 1.82. The molecule has 5 rings (SSSR count). The Labute approximate surface area is 247 Å². The van der Waals surface area contributed by atoms with Gasteiger partial charge in [-0.2, -0.15) is 0 Å². The van der Waals surface area contributed by atoms with Gasteiger partial charge in [-0.05, 0) is 61.6 Å². The number of hydrogen-bond acceptors (Lipinski definition) is 9. The summed E-state index contributed by atoms with van der Waals surface area (Å²) in [7, 11) is 4.65. The van der Waals surface area contributed by atoms with Crippen molar-refractivity contribution in [1.29, 1.82) is 0 Å². The molecule has 41 heavy (non-hydrogen) atoms. The number of para-hydroxylation sites is 1. The summed E-state index contributed by atoms with van der Waals surface area (Å²) >= 11 is 2.96. The number of anilines is 2. The van der Waals surface area contributed by atoms with E-state index in [1.54, 1.807) is 40.0 Å². The molecule has 216 valence electrons. The first-order chi connectivity index (χ1) is 19.9. The molecule has 1 aromatic heterocycles. The fourth-order valence-corrected chi connectivity index (χ4v) is 7.80. The molecule has 1 N–H and O–H groups in total. The van der Waals surface area contributed by atoms with Crippen molar-refractivity contribution in [3.05, 3.63) is 58.0 Å². The lowest BCUT2D eigenvalue weighted by molar-refractivity contribution is -0.121. The van der Waals surface area contributed by atoms with Crippen LogP contribution in [0.5, 0.6) is 17.2 Å². The van der Waals surface area contributed by atoms with Gasteiger partial charge in [0.25, 0.3) is 0 Å². The molecule has 0 saturated heterocycles. The highest BCUT2D eigenvalue weighted by Gasteiger charge is 2.33. The number of nitrogens with one attached hydrogen (secondary N) is 1. The Morgan fingerprint density at radius 2 is 1.78 bits per heavy atom. The van der Waals surface area contributed by atoms with Crippen LogP contribution in [0, 0.1) is 0 Å². The molecule has 0 fully saturated rings. The third-order valence-electron chi connectivity index (χ3n) is 7.10. The number of nitrogens with zero attached hydrogens (tertiary/aromatic N) is 1. The first-order valence-corrected chi connectivity index (χ1v) is 15.1. The Hall–Kier alpha value is -3.70. The zero-order valence-corrected chi connectivity index (χ0v) is 25.0. The first-order valence-electron chi connectivity index (χ1n) is 13.4. The summed E-state index contributed by atoms with van der Waals surface area (Å²) in [5.74, 6) is 0.477. The van der Waals surface area contributed by atoms with E-state index in [1.807, 2.05) is 36.4 Å². The predicted molar refractivity (Wildman–Crippen MR) is 159 cm³/mol. The van der Waals surface area contributed by atoms with Crippen LogP contribution in [0.25, 0.3) is 0 Å². The van der Waals surface area contributed by atoms with E-state index in [0.717, 1.165) is 40.2 Å². The molecule has 3 aromatic rings. The summed E-state index contributed by atoms with van der Waals surface area (Å²) in [5.41, 5.74) is 2.90. The molecule has 1 aliphatic heterocycles. The Balaban J connectivity index is 1.42. The van der Waals surface area contributed by atoms with E-state index in [0.29, 0.717) is 33.5 Å². The normalized spacial score (nSPS) is 16.0. The van der Waals surface area contributed by atoms with Gasteiger partial charge in [-0.1, -0.05) is 12.1 Å². The molecule has 1 aliphatic carbocycles. The molecular weight excluding hydrogens is 564 g/mol. The Bertz CT molecular complexity index is 1460. The largest absolute Gasteiger partial charge is 0.493 e. The van der Waals surface area contributed by atoms with Crippen LogP contribution in [0.2, 0.25) is 0 Å². The number of fused-ring (bicyclic) bond motifs is 2. The summed E-state index contributed by atoms with van der Waals surface area (Å²) in [6, 6.07) is 11.2. The van der Waals surface area contributed by atoms with Gasteiger partial charge >= 0.3 is 5.97 Å². The number of methoxy groups -OCH3 is 3. The lowest BCUT2D eigenvalue weighted by Gasteiger charge is -2.22. The standard InChI is InChI=1S/C30H32N2O7S2/c1-5-39-30(35)27-18-9-8-12-22(18)41-29(27)31-25(33)16-32-19-10-6-7-11-23(19)40-24(15-26(32)34)17-13-20(36-2)28(38-4)21(14-17)37-3/h6-7,10-11,13-14,24H,5,8-9,12,15-16H2,1-4H3,(H,31,33). The second kappa shape index (κ2) is 12.4. The van der Waals surface area contributed by atoms with Crippen molar-refractivity contribution in [3.63, 3.8) is 0 Å². The van der Waals surface area contributed by atoms with E-state index >= 15 is 0 Å². The van der Waals surface area contributed by atoms with Crippen LogP contribution in [0.4, 0.5) is 10.7 Å². The quantitative estimate of drug-likeness (QED) is 0.316. The van der Waals surface area contributed by atoms with Gasteiger partial charge in [0, 0.05) is 21.4 Å². The highest BCUT2D eigenvalue weighted by Crippen LogP contribution is 2.49. The number of amides is 2. The SMILES string of the molecule is CCOC(=O)c1c(NC(=O)CN2C(=O)CC(c3cc(OC)c(OC)c(OC)c3)Sc3ccccc32)sc2c1CCC2. The van der Waals surface area contributed by atoms with Crippen LogP contribution in [-0.2, 0) is 27.2 Å². The number of esters is 1. The van der Waals surface area contributed by atoms with E-state index in [1.165, 1.54) is 16.2 Å². The molecule has 2 heterocycles. The summed E-state index contributed by atoms with van der Waals surface area (Å²) in [6.07, 6.45) is 2.78. The van der Waals surface area contributed by atoms with Crippen LogP contribution in [-0.4, -0.2) is 52.3 Å². The molecule has 11 heteroatoms. The maximum absolute atomic E-state index is 13.7. The smallest absolute Gasteiger partial charge is 0.341 e. The monoisotopic (exact) mass is 596 g/mol. The third kappa shape index (κ3) is 5.73. The fraction of sp³-hybridized carbons (Fsp3) is 0.367. The second-order valence-corrected chi connectivity index (χ2v) is 11.9. The number of thioether (sulfide) groups is 1. The minimum absolute atomic E-state index is 0.145. The number of aryl methyl sites for hydroxylation is 1. The van der Waals surface area contributed by atoms with Gasteiger partial charge < -0.3 is 29.2 Å². The number of carbonyl (C=O) groups is 3. The summed E-state index contributed by atoms with van der Waals surface area (Å²) in [5, 5.41) is 3.14. The van der Waals surface area contributed by atoms with Crippen molar-refractivity contribution < 1.29 is 33.3 Å². The molecule has 1 unspecified atom stereocenters. The first kappa shape index (κ1) is 28.8. The highest BCUT2D eigenvalue weighted by atomic mass is 32.2. The van der Waals surface area contributed by atoms with Crippen LogP contribution >= 0.6 is 23.1 Å². The van der Waals surface area contributed by atoms with Crippen molar-refractivity contribution in [2.45, 2.75) is 42.8 Å². The molecule has 2 aromatic carbocycles. The maximum Gasteiger partial charge on any atom is 0.341 e. The van der Waals surface area contributed by atoms with Crippen LogP contribution < -0.4 is 24.4 Å². The second-order valence-electron chi connectivity index (χ2n) is 9.55. The predicted octanol–water partition coefficient (Wildman–Crippen LogP) is 5.65. The van der Waals surface area contributed by atoms with E-state index < -0.39 is 5.97 Å². The zero-order chi connectivity index (χ0) is 29.1. The topological polar surface area (TPSA) is 103 Å². The average Bonchev–Trinajstić information content (AvgIpc) is 3.52. The van der Waals surface area contributed by atoms with Crippen molar-refractivity contribution in [1.82, 2.24) is 0 Å². The summed E-state index contributed by atoms with van der Waals surface area (Å²) in [4.78, 5) is 43.4. The molecule has 0 radical (unpaired) electrons. The molecular formula is C30H32N2O7S2. The number of ether oxygens (including phenoxy) is 4. The number of hydrogen-bond donors (Lipinski definition) is 1. The van der Waals surface area contributed by atoms with Crippen LogP contribution in [0.1, 0.15) is 51.4 Å². The number of benzene rings is 2. The van der Waals surface area contributed by atoms with Gasteiger partial charge in [-0.25, -0.2) is 4.79 Å². The number of thiophene rings is 1. The Kier molecular flexibility index (Phi) is 8.74. The molecule has 0 saturated carbocycles. The van der Waals surface area contributed by atoms with Crippen molar-refractivity contribution in [2.24, 2.45) is 0 Å². The minimum atomic E-state index is -0.428. The average molecular weight is 597 g/mol. The minimum Gasteiger partial charge on any atom is -0.493 e. The fourth-order valence-electron chi connectivity index (χ4n) is 5.25. The molecule has 0 bridgehead atoms. The van der Waals surface area contributed by atoms with E-state index in [-0.39, 0.29) is 36.6 Å². The molecule has 1 atom stereocenters. The summed E-state index contributed by atoms with van der Waals surface area (Å²) < 4.78 is 21.8. The van der Waals surface area contributed by atoms with Crippen molar-refractivity contribution >= 4 is 51.6 Å². The molecule has 2 amide bonds. The molecule has 9 nitrogen and oxygen atoms in total. The Morgan fingerprint density at radius 1 is 1.05 bits per heavy atom. The van der Waals surface area contributed by atoms with Gasteiger partial charge in [0.1, 0.15) is 11.5 Å². The van der Waals surface area contributed by atoms with E-state index in [9.17, 15) is 14.4 Å². The van der Waals surface area contributed by atoms with Gasteiger partial charge in [0.2, 0.25) is 17.6 Å². The zero-order valence-electron chi connectivity index (χ0n) is 23.4. The van der Waals surface area contributed by atoms with Gasteiger partial charge in [0.15, 0.2) is 11.5 Å². The number of carbonyl (C=O) groups excluding carboxylic acids is 3. The lowest BCUT2D eigenvalue weighted by Crippen LogP contribution is -2.38. The maximum atomic E-state index is 13.7. The van der Waals surface area contributed by atoms with E-state index in [4.69, 9.17) is 18.9 Å². The number of rotatable bonds is 9. The van der Waals surface area contributed by atoms with Crippen LogP contribution in [0.15, 0.2) is 41.3 Å². The van der Waals surface area contributed by atoms with Crippen molar-refractivity contribution in [2.75, 3.05) is 44.7 Å². The Morgan fingerprint density at radius 3 is 2.46 bits per heavy atom. The van der Waals surface area contributed by atoms with Gasteiger partial charge in [-0.3, -0.25) is 9.59 Å². The van der Waals surface area contributed by atoms with E-state index in [2.05, 4.69) is 5.32 Å². The lowest BCUT2D eigenvalue weighted by atomic mass is 10.1. The van der Waals surface area contributed by atoms with Gasteiger partial charge in [0.05, 0.1) is 39.2 Å². The highest BCUT2D eigenvalue weighted by molar-refractivity contribution is 7.99. The van der Waals surface area contributed by atoms with Crippen molar-refractivity contribution in [3.8, 4) is 17.2 Å². The third-order valence-corrected chi connectivity index (χ3v) is 9.63. The van der Waals surface area contributed by atoms with Crippen LogP contribution in [0.3, 0.4) is 0 Å². The molecule has 0 spiro atoms. The van der Waals surface area contributed by atoms with Gasteiger partial charge in [-0.15, -0.1) is 23.1 Å².